The largest absolute Gasteiger partial charge is 0.462 e. The molecule has 0 aliphatic carbocycles. The predicted molar refractivity (Wildman–Crippen MR) is 298 cm³/mol. The molecule has 0 N–H and O–H groups in total. The minimum Gasteiger partial charge on any atom is -0.462 e. The summed E-state index contributed by atoms with van der Waals surface area (Å²) in [5.74, 6) is -0.910. The lowest BCUT2D eigenvalue weighted by molar-refractivity contribution is -0.167. The van der Waals surface area contributed by atoms with E-state index < -0.39 is 6.10 Å². The highest BCUT2D eigenvalue weighted by Crippen LogP contribution is 2.15. The molecule has 0 unspecified atom stereocenters. The molecular weight excluding hydrogens is 853 g/mol. The molecule has 398 valence electrons. The normalized spacial score (nSPS) is 12.6. The van der Waals surface area contributed by atoms with Gasteiger partial charge in [-0.1, -0.05) is 235 Å². The van der Waals surface area contributed by atoms with E-state index in [2.05, 4.69) is 93.7 Å². The first-order valence-electron chi connectivity index (χ1n) is 29.4. The van der Waals surface area contributed by atoms with Crippen LogP contribution < -0.4 is 0 Å². The highest BCUT2D eigenvalue weighted by molar-refractivity contribution is 5.71. The molecule has 6 nitrogen and oxygen atoms in total. The van der Waals surface area contributed by atoms with Crippen molar-refractivity contribution < 1.29 is 28.6 Å². The van der Waals surface area contributed by atoms with Crippen LogP contribution in [0.15, 0.2) is 72.9 Å². The summed E-state index contributed by atoms with van der Waals surface area (Å²) in [7, 11) is 0. The first-order valence-corrected chi connectivity index (χ1v) is 29.4. The van der Waals surface area contributed by atoms with Crippen LogP contribution >= 0.6 is 0 Å². The number of allylic oxidation sites excluding steroid dienone is 12. The Kier molecular flexibility index (Phi) is 54.8. The first-order chi connectivity index (χ1) is 34.0. The number of hydrogen-bond acceptors (Lipinski definition) is 6. The summed E-state index contributed by atoms with van der Waals surface area (Å²) in [6, 6.07) is 0. The summed E-state index contributed by atoms with van der Waals surface area (Å²) >= 11 is 0. The minimum atomic E-state index is -0.791. The van der Waals surface area contributed by atoms with Crippen LogP contribution in [0.3, 0.4) is 0 Å². The lowest BCUT2D eigenvalue weighted by Gasteiger charge is -2.18. The lowest BCUT2D eigenvalue weighted by atomic mass is 10.0. The molecule has 6 heteroatoms. The second-order valence-electron chi connectivity index (χ2n) is 19.5. The Labute approximate surface area is 427 Å². The van der Waals surface area contributed by atoms with Gasteiger partial charge in [0.05, 0.1) is 0 Å². The van der Waals surface area contributed by atoms with Gasteiger partial charge in [0.15, 0.2) is 6.10 Å². The highest BCUT2D eigenvalue weighted by atomic mass is 16.6. The van der Waals surface area contributed by atoms with Crippen LogP contribution in [0, 0.1) is 0 Å². The maximum atomic E-state index is 12.8. The van der Waals surface area contributed by atoms with Gasteiger partial charge in [0.2, 0.25) is 0 Å². The fourth-order valence-corrected chi connectivity index (χ4v) is 8.25. The summed E-state index contributed by atoms with van der Waals surface area (Å²) in [5.41, 5.74) is 0. The Hall–Kier alpha value is -3.15. The number of hydrogen-bond donors (Lipinski definition) is 0. The van der Waals surface area contributed by atoms with Crippen molar-refractivity contribution in [3.8, 4) is 0 Å². The van der Waals surface area contributed by atoms with Crippen molar-refractivity contribution >= 4 is 17.9 Å². The van der Waals surface area contributed by atoms with Gasteiger partial charge in [-0.25, -0.2) is 0 Å². The van der Waals surface area contributed by atoms with E-state index in [4.69, 9.17) is 14.2 Å². The minimum absolute atomic E-state index is 0.0866. The fraction of sp³-hybridized carbons (Fsp3) is 0.762. The third-order valence-electron chi connectivity index (χ3n) is 12.7. The van der Waals surface area contributed by atoms with E-state index in [1.165, 1.54) is 135 Å². The van der Waals surface area contributed by atoms with Crippen molar-refractivity contribution in [2.24, 2.45) is 0 Å². The Morgan fingerprint density at radius 2 is 0.565 bits per heavy atom. The van der Waals surface area contributed by atoms with E-state index in [0.29, 0.717) is 19.3 Å². The summed E-state index contributed by atoms with van der Waals surface area (Å²) in [6.45, 7) is 6.49. The maximum absolute atomic E-state index is 12.8. The van der Waals surface area contributed by atoms with Crippen molar-refractivity contribution in [3.63, 3.8) is 0 Å². The van der Waals surface area contributed by atoms with E-state index in [1.807, 2.05) is 0 Å². The third kappa shape index (κ3) is 55.6. The number of unbranched alkanes of at least 4 members (excludes halogenated alkanes) is 30. The van der Waals surface area contributed by atoms with E-state index in [0.717, 1.165) is 116 Å². The molecule has 0 saturated heterocycles. The van der Waals surface area contributed by atoms with Crippen LogP contribution in [0.4, 0.5) is 0 Å². The highest BCUT2D eigenvalue weighted by Gasteiger charge is 2.19. The van der Waals surface area contributed by atoms with Gasteiger partial charge in [-0.3, -0.25) is 14.4 Å². The molecule has 0 heterocycles. The number of carbonyl (C=O) groups excluding carboxylic acids is 3. The molecule has 0 aromatic carbocycles. The zero-order chi connectivity index (χ0) is 50.0. The van der Waals surface area contributed by atoms with Crippen LogP contribution in [-0.2, 0) is 28.6 Å². The number of esters is 3. The fourth-order valence-electron chi connectivity index (χ4n) is 8.25. The Morgan fingerprint density at radius 1 is 0.304 bits per heavy atom. The Balaban J connectivity index is 4.37. The average molecular weight is 964 g/mol. The van der Waals surface area contributed by atoms with E-state index >= 15 is 0 Å². The van der Waals surface area contributed by atoms with Crippen molar-refractivity contribution in [1.82, 2.24) is 0 Å². The molecule has 69 heavy (non-hydrogen) atoms. The summed E-state index contributed by atoms with van der Waals surface area (Å²) < 4.78 is 16.9. The number of carbonyl (C=O) groups is 3. The van der Waals surface area contributed by atoms with Gasteiger partial charge >= 0.3 is 17.9 Å². The molecule has 0 amide bonds. The molecule has 0 rings (SSSR count). The molecule has 0 radical (unpaired) electrons. The van der Waals surface area contributed by atoms with Gasteiger partial charge in [-0.2, -0.15) is 0 Å². The molecule has 0 bridgehead atoms. The number of ether oxygens (including phenoxy) is 3. The average Bonchev–Trinajstić information content (AvgIpc) is 3.35. The quantitative estimate of drug-likeness (QED) is 0.0262. The van der Waals surface area contributed by atoms with Crippen molar-refractivity contribution in [1.29, 1.82) is 0 Å². The Bertz CT molecular complexity index is 1290. The lowest BCUT2D eigenvalue weighted by Crippen LogP contribution is -2.30. The number of rotatable bonds is 53. The smallest absolute Gasteiger partial charge is 0.306 e. The monoisotopic (exact) mass is 963 g/mol. The molecule has 0 spiro atoms. The first kappa shape index (κ1) is 65.8. The molecule has 0 fully saturated rings. The van der Waals surface area contributed by atoms with Crippen molar-refractivity contribution in [2.45, 2.75) is 297 Å². The molecule has 0 aliphatic heterocycles. The van der Waals surface area contributed by atoms with Gasteiger partial charge in [0.1, 0.15) is 13.2 Å². The molecule has 0 aliphatic rings. The van der Waals surface area contributed by atoms with Crippen molar-refractivity contribution in [2.75, 3.05) is 13.2 Å². The van der Waals surface area contributed by atoms with Crippen LogP contribution in [0.5, 0.6) is 0 Å². The molecule has 0 aromatic rings. The second kappa shape index (κ2) is 57.4. The van der Waals surface area contributed by atoms with E-state index in [1.54, 1.807) is 0 Å². The standard InChI is InChI=1S/C63H110O6/c1-4-7-10-13-16-19-22-25-28-29-30-31-32-33-36-38-41-44-47-50-53-56-62(65)68-59-60(69-63(66)57-54-51-48-45-42-39-35-27-24-21-18-15-12-9-6-3)58-67-61(64)55-52-49-46-43-40-37-34-26-23-20-17-14-11-8-5-2/h9,12,17-18,20-21,25-28,34-35,60H,4-8,10-11,13-16,19,22-24,29-33,36-59H2,1-3H3/b12-9-,20-17-,21-18-,28-25-,34-26-,35-27-/t60-/m1/s1. The molecule has 0 aromatic heterocycles. The molecule has 0 saturated carbocycles. The van der Waals surface area contributed by atoms with Crippen LogP contribution in [0.2, 0.25) is 0 Å². The zero-order valence-corrected chi connectivity index (χ0v) is 45.6. The van der Waals surface area contributed by atoms with E-state index in [9.17, 15) is 14.4 Å². The van der Waals surface area contributed by atoms with Crippen molar-refractivity contribution in [3.05, 3.63) is 72.9 Å². The van der Waals surface area contributed by atoms with Gasteiger partial charge < -0.3 is 14.2 Å². The third-order valence-corrected chi connectivity index (χ3v) is 12.7. The van der Waals surface area contributed by atoms with Crippen LogP contribution in [-0.4, -0.2) is 37.2 Å². The zero-order valence-electron chi connectivity index (χ0n) is 45.6. The SMILES string of the molecule is CC/C=C\C/C=C\C/C=C\CCCCCCCC(=O)O[C@H](COC(=O)CCCCCCC/C=C\C/C=C\CCCCC)COC(=O)CCCCCCCCCCCCC/C=C\CCCCCCCC. The topological polar surface area (TPSA) is 78.9 Å². The second-order valence-corrected chi connectivity index (χ2v) is 19.5. The Morgan fingerprint density at radius 3 is 0.928 bits per heavy atom. The summed E-state index contributed by atoms with van der Waals surface area (Å²) in [4.78, 5) is 38.2. The summed E-state index contributed by atoms with van der Waals surface area (Å²) in [6.07, 6.45) is 73.2. The summed E-state index contributed by atoms with van der Waals surface area (Å²) in [5, 5.41) is 0. The van der Waals surface area contributed by atoms with Gasteiger partial charge in [-0.15, -0.1) is 0 Å². The van der Waals surface area contributed by atoms with E-state index in [-0.39, 0.29) is 31.1 Å². The van der Waals surface area contributed by atoms with Gasteiger partial charge in [-0.05, 0) is 109 Å². The van der Waals surface area contributed by atoms with Gasteiger partial charge in [0, 0.05) is 19.3 Å². The molecule has 1 atom stereocenters. The van der Waals surface area contributed by atoms with Crippen LogP contribution in [0.25, 0.3) is 0 Å². The predicted octanol–water partition coefficient (Wildman–Crippen LogP) is 19.8. The molecular formula is C63H110O6. The van der Waals surface area contributed by atoms with Crippen LogP contribution in [0.1, 0.15) is 290 Å². The van der Waals surface area contributed by atoms with Gasteiger partial charge in [0.25, 0.3) is 0 Å². The maximum Gasteiger partial charge on any atom is 0.306 e.